The van der Waals surface area contributed by atoms with Gasteiger partial charge in [-0.25, -0.2) is 9.18 Å². The van der Waals surface area contributed by atoms with E-state index < -0.39 is 24.9 Å². The standard InChI is InChI=1S/C20H20F4N2O3S/c21-15-5-3-13(4-6-15)17(16-2-1-11-30-16)25-18(27)14-7-9-26(10-8-14)19(28)29-12-20(22,23)24/h1-6,11,14,17H,7-10,12H2,(H,25,27). The second-order valence-corrected chi connectivity index (χ2v) is 7.92. The second-order valence-electron chi connectivity index (χ2n) is 6.94. The van der Waals surface area contributed by atoms with E-state index in [1.54, 1.807) is 12.1 Å². The van der Waals surface area contributed by atoms with E-state index in [1.165, 1.54) is 28.4 Å². The first-order valence-electron chi connectivity index (χ1n) is 9.30. The van der Waals surface area contributed by atoms with Crippen LogP contribution in [0.2, 0.25) is 0 Å². The topological polar surface area (TPSA) is 58.6 Å². The summed E-state index contributed by atoms with van der Waals surface area (Å²) in [5.74, 6) is -0.986. The largest absolute Gasteiger partial charge is 0.440 e. The molecule has 30 heavy (non-hydrogen) atoms. The zero-order chi connectivity index (χ0) is 21.7. The smallest absolute Gasteiger partial charge is 0.422 e. The molecule has 1 saturated heterocycles. The molecule has 1 aliphatic rings. The number of hydrogen-bond acceptors (Lipinski definition) is 4. The van der Waals surface area contributed by atoms with Gasteiger partial charge in [0.15, 0.2) is 6.61 Å². The summed E-state index contributed by atoms with van der Waals surface area (Å²) < 4.78 is 54.1. The van der Waals surface area contributed by atoms with Crippen LogP contribution >= 0.6 is 11.3 Å². The van der Waals surface area contributed by atoms with Crippen molar-refractivity contribution in [2.75, 3.05) is 19.7 Å². The summed E-state index contributed by atoms with van der Waals surface area (Å²) in [4.78, 5) is 26.6. The van der Waals surface area contributed by atoms with E-state index in [1.807, 2.05) is 17.5 Å². The Morgan fingerprint density at radius 1 is 1.17 bits per heavy atom. The average molecular weight is 444 g/mol. The fourth-order valence-electron chi connectivity index (χ4n) is 3.25. The normalized spacial score (nSPS) is 16.2. The molecule has 3 rings (SSSR count). The van der Waals surface area contributed by atoms with Crippen LogP contribution in [0.4, 0.5) is 22.4 Å². The van der Waals surface area contributed by atoms with Gasteiger partial charge in [0, 0.05) is 23.9 Å². The lowest BCUT2D eigenvalue weighted by Crippen LogP contribution is -2.44. The van der Waals surface area contributed by atoms with Crippen LogP contribution in [0.3, 0.4) is 0 Å². The van der Waals surface area contributed by atoms with Gasteiger partial charge in [-0.2, -0.15) is 13.2 Å². The second kappa shape index (κ2) is 9.46. The van der Waals surface area contributed by atoms with Crippen LogP contribution in [0.5, 0.6) is 0 Å². The lowest BCUT2D eigenvalue weighted by atomic mass is 9.95. The molecule has 1 fully saturated rings. The maximum atomic E-state index is 13.3. The highest BCUT2D eigenvalue weighted by Gasteiger charge is 2.33. The zero-order valence-electron chi connectivity index (χ0n) is 15.8. The molecule has 1 aromatic carbocycles. The number of carbonyl (C=O) groups excluding carboxylic acids is 2. The third-order valence-corrected chi connectivity index (χ3v) is 5.74. The van der Waals surface area contributed by atoms with Crippen LogP contribution in [0.25, 0.3) is 0 Å². The summed E-state index contributed by atoms with van der Waals surface area (Å²) in [5.41, 5.74) is 0.736. The molecule has 2 amide bonds. The number of ether oxygens (including phenoxy) is 1. The summed E-state index contributed by atoms with van der Waals surface area (Å²) in [6.45, 7) is -1.36. The molecule has 2 heterocycles. The summed E-state index contributed by atoms with van der Waals surface area (Å²) in [5, 5.41) is 4.86. The molecule has 1 aromatic heterocycles. The Kier molecular flexibility index (Phi) is 6.96. The van der Waals surface area contributed by atoms with Gasteiger partial charge in [-0.3, -0.25) is 4.79 Å². The summed E-state index contributed by atoms with van der Waals surface area (Å²) in [7, 11) is 0. The van der Waals surface area contributed by atoms with Gasteiger partial charge in [-0.05, 0) is 42.0 Å². The molecular formula is C20H20F4N2O3S. The third-order valence-electron chi connectivity index (χ3n) is 4.80. The summed E-state index contributed by atoms with van der Waals surface area (Å²) in [6.07, 6.45) is -4.99. The summed E-state index contributed by atoms with van der Waals surface area (Å²) >= 11 is 1.46. The number of benzene rings is 1. The van der Waals surface area contributed by atoms with E-state index in [0.29, 0.717) is 12.8 Å². The highest BCUT2D eigenvalue weighted by Crippen LogP contribution is 2.28. The molecule has 0 radical (unpaired) electrons. The third kappa shape index (κ3) is 5.94. The molecule has 0 saturated carbocycles. The molecule has 5 nitrogen and oxygen atoms in total. The van der Waals surface area contributed by atoms with Crippen LogP contribution < -0.4 is 5.32 Å². The maximum Gasteiger partial charge on any atom is 0.422 e. The van der Waals surface area contributed by atoms with Crippen molar-refractivity contribution in [1.82, 2.24) is 10.2 Å². The molecule has 0 spiro atoms. The first-order valence-corrected chi connectivity index (χ1v) is 10.2. The fourth-order valence-corrected chi connectivity index (χ4v) is 4.05. The number of alkyl halides is 3. The highest BCUT2D eigenvalue weighted by molar-refractivity contribution is 7.10. The van der Waals surface area contributed by atoms with Crippen molar-refractivity contribution in [3.8, 4) is 0 Å². The van der Waals surface area contributed by atoms with Crippen molar-refractivity contribution in [1.29, 1.82) is 0 Å². The predicted molar refractivity (Wildman–Crippen MR) is 102 cm³/mol. The summed E-state index contributed by atoms with van der Waals surface area (Å²) in [6, 6.07) is 9.16. The molecule has 1 atom stereocenters. The van der Waals surface area contributed by atoms with Crippen molar-refractivity contribution in [3.05, 3.63) is 58.0 Å². The van der Waals surface area contributed by atoms with E-state index in [4.69, 9.17) is 0 Å². The van der Waals surface area contributed by atoms with Crippen LogP contribution in [0.1, 0.15) is 29.3 Å². The van der Waals surface area contributed by atoms with Gasteiger partial charge in [0.2, 0.25) is 5.91 Å². The molecule has 0 aliphatic carbocycles. The molecule has 162 valence electrons. The van der Waals surface area contributed by atoms with Crippen LogP contribution in [0, 0.1) is 11.7 Å². The number of hydrogen-bond donors (Lipinski definition) is 1. The quantitative estimate of drug-likeness (QED) is 0.691. The van der Waals surface area contributed by atoms with E-state index in [9.17, 15) is 27.2 Å². The number of amides is 2. The lowest BCUT2D eigenvalue weighted by Gasteiger charge is -2.31. The van der Waals surface area contributed by atoms with Gasteiger partial charge in [-0.15, -0.1) is 11.3 Å². The number of rotatable bonds is 5. The molecular weight excluding hydrogens is 424 g/mol. The van der Waals surface area contributed by atoms with Gasteiger partial charge in [-0.1, -0.05) is 18.2 Å². The lowest BCUT2D eigenvalue weighted by molar-refractivity contribution is -0.162. The van der Waals surface area contributed by atoms with Crippen LogP contribution in [-0.4, -0.2) is 42.8 Å². The number of likely N-dealkylation sites (tertiary alicyclic amines) is 1. The minimum Gasteiger partial charge on any atom is -0.440 e. The number of carbonyl (C=O) groups is 2. The average Bonchev–Trinajstić information content (AvgIpc) is 3.25. The monoisotopic (exact) mass is 444 g/mol. The van der Waals surface area contributed by atoms with E-state index in [-0.39, 0.29) is 30.7 Å². The van der Waals surface area contributed by atoms with Gasteiger partial charge >= 0.3 is 12.3 Å². The van der Waals surface area contributed by atoms with E-state index >= 15 is 0 Å². The molecule has 2 aromatic rings. The van der Waals surface area contributed by atoms with E-state index in [2.05, 4.69) is 10.1 Å². The van der Waals surface area contributed by atoms with E-state index in [0.717, 1.165) is 10.4 Å². The Morgan fingerprint density at radius 2 is 1.83 bits per heavy atom. The zero-order valence-corrected chi connectivity index (χ0v) is 16.6. The van der Waals surface area contributed by atoms with Gasteiger partial charge in [0.05, 0.1) is 6.04 Å². The fraction of sp³-hybridized carbons (Fsp3) is 0.400. The van der Waals surface area contributed by atoms with Crippen molar-refractivity contribution in [3.63, 3.8) is 0 Å². The van der Waals surface area contributed by atoms with Gasteiger partial charge in [0.1, 0.15) is 5.82 Å². The Labute approximate surface area is 174 Å². The minimum atomic E-state index is -4.58. The Morgan fingerprint density at radius 3 is 2.40 bits per heavy atom. The number of thiophene rings is 1. The Balaban J connectivity index is 1.58. The Hall–Kier alpha value is -2.62. The molecule has 1 unspecified atom stereocenters. The number of halogens is 4. The first kappa shape index (κ1) is 22.1. The highest BCUT2D eigenvalue weighted by atomic mass is 32.1. The van der Waals surface area contributed by atoms with Crippen molar-refractivity contribution in [2.24, 2.45) is 5.92 Å². The molecule has 10 heteroatoms. The maximum absolute atomic E-state index is 13.3. The predicted octanol–water partition coefficient (Wildman–Crippen LogP) is 4.50. The number of nitrogens with zero attached hydrogens (tertiary/aromatic N) is 1. The van der Waals surface area contributed by atoms with Crippen molar-refractivity contribution in [2.45, 2.75) is 25.1 Å². The Bertz CT molecular complexity index is 848. The molecule has 0 bridgehead atoms. The molecule has 1 aliphatic heterocycles. The van der Waals surface area contributed by atoms with Gasteiger partial charge in [0.25, 0.3) is 0 Å². The van der Waals surface area contributed by atoms with Crippen molar-refractivity contribution >= 4 is 23.3 Å². The first-order chi connectivity index (χ1) is 14.2. The van der Waals surface area contributed by atoms with Crippen LogP contribution in [-0.2, 0) is 9.53 Å². The minimum absolute atomic E-state index is 0.134. The van der Waals surface area contributed by atoms with Gasteiger partial charge < -0.3 is 15.0 Å². The SMILES string of the molecule is O=C(NC(c1ccc(F)cc1)c1cccs1)C1CCN(C(=O)OCC(F)(F)F)CC1. The molecule has 1 N–H and O–H groups in total. The number of piperidine rings is 1. The van der Waals surface area contributed by atoms with Crippen LogP contribution in [0.15, 0.2) is 41.8 Å². The number of nitrogens with one attached hydrogen (secondary N) is 1. The van der Waals surface area contributed by atoms with Crippen molar-refractivity contribution < 1.29 is 31.9 Å².